The van der Waals surface area contributed by atoms with Crippen molar-refractivity contribution in [3.63, 3.8) is 0 Å². The Morgan fingerprint density at radius 3 is 2.60 bits per heavy atom. The molecule has 0 bridgehead atoms. The van der Waals surface area contributed by atoms with Gasteiger partial charge in [0, 0.05) is 18.8 Å². The average molecular weight is 275 g/mol. The number of benzene rings is 1. The summed E-state index contributed by atoms with van der Waals surface area (Å²) >= 11 is 0. The van der Waals surface area contributed by atoms with E-state index in [0.717, 1.165) is 31.5 Å². The second kappa shape index (κ2) is 6.41. The van der Waals surface area contributed by atoms with Crippen molar-refractivity contribution in [3.05, 3.63) is 29.3 Å². The standard InChI is InChI=1S/C15H21N3O2/c1-11-6-5-7-12(16)14(11)15(20)17-10-13(19)18-8-3-2-4-9-18/h5-7H,2-4,8-10,16H2,1H3,(H,17,20). The first kappa shape index (κ1) is 14.4. The van der Waals surface area contributed by atoms with Crippen LogP contribution in [0.25, 0.3) is 0 Å². The SMILES string of the molecule is Cc1cccc(N)c1C(=O)NCC(=O)N1CCCCC1. The molecule has 1 heterocycles. The Morgan fingerprint density at radius 1 is 1.25 bits per heavy atom. The summed E-state index contributed by atoms with van der Waals surface area (Å²) in [5.74, 6) is -0.309. The van der Waals surface area contributed by atoms with Crippen LogP contribution in [0.3, 0.4) is 0 Å². The number of likely N-dealkylation sites (tertiary alicyclic amines) is 1. The summed E-state index contributed by atoms with van der Waals surface area (Å²) < 4.78 is 0. The van der Waals surface area contributed by atoms with Gasteiger partial charge in [-0.05, 0) is 37.8 Å². The van der Waals surface area contributed by atoms with Crippen LogP contribution in [0.4, 0.5) is 5.69 Å². The summed E-state index contributed by atoms with van der Waals surface area (Å²) in [6.45, 7) is 3.45. The number of carbonyl (C=O) groups is 2. The Labute approximate surface area is 119 Å². The number of hydrogen-bond acceptors (Lipinski definition) is 3. The van der Waals surface area contributed by atoms with Crippen LogP contribution < -0.4 is 11.1 Å². The second-order valence-electron chi connectivity index (χ2n) is 5.16. The minimum absolute atomic E-state index is 0.0230. The van der Waals surface area contributed by atoms with Crippen molar-refractivity contribution in [3.8, 4) is 0 Å². The van der Waals surface area contributed by atoms with Crippen LogP contribution in [0.2, 0.25) is 0 Å². The van der Waals surface area contributed by atoms with Crippen molar-refractivity contribution >= 4 is 17.5 Å². The molecule has 2 amide bonds. The molecule has 0 radical (unpaired) electrons. The van der Waals surface area contributed by atoms with E-state index in [2.05, 4.69) is 5.32 Å². The fourth-order valence-electron chi connectivity index (χ4n) is 2.50. The number of nitrogens with one attached hydrogen (secondary N) is 1. The van der Waals surface area contributed by atoms with Crippen molar-refractivity contribution in [2.45, 2.75) is 26.2 Å². The molecule has 1 aromatic carbocycles. The van der Waals surface area contributed by atoms with Gasteiger partial charge in [0.1, 0.15) is 0 Å². The average Bonchev–Trinajstić information content (AvgIpc) is 2.45. The fraction of sp³-hybridized carbons (Fsp3) is 0.467. The zero-order chi connectivity index (χ0) is 14.5. The maximum Gasteiger partial charge on any atom is 0.254 e. The number of nitrogens with zero attached hydrogens (tertiary/aromatic N) is 1. The van der Waals surface area contributed by atoms with Gasteiger partial charge in [0.15, 0.2) is 0 Å². The molecule has 0 atom stereocenters. The number of nitrogen functional groups attached to an aromatic ring is 1. The van der Waals surface area contributed by atoms with Crippen LogP contribution in [0.5, 0.6) is 0 Å². The Balaban J connectivity index is 1.93. The molecule has 1 aliphatic rings. The monoisotopic (exact) mass is 275 g/mol. The minimum atomic E-state index is -0.286. The quantitative estimate of drug-likeness (QED) is 0.817. The van der Waals surface area contributed by atoms with Crippen LogP contribution in [-0.2, 0) is 4.79 Å². The zero-order valence-electron chi connectivity index (χ0n) is 11.8. The number of piperidine rings is 1. The van der Waals surface area contributed by atoms with E-state index in [1.54, 1.807) is 12.1 Å². The number of carbonyl (C=O) groups excluding carboxylic acids is 2. The van der Waals surface area contributed by atoms with Crippen molar-refractivity contribution < 1.29 is 9.59 Å². The van der Waals surface area contributed by atoms with Gasteiger partial charge in [-0.3, -0.25) is 9.59 Å². The highest BCUT2D eigenvalue weighted by Crippen LogP contribution is 2.15. The van der Waals surface area contributed by atoms with Gasteiger partial charge < -0.3 is 16.0 Å². The van der Waals surface area contributed by atoms with Gasteiger partial charge in [0.2, 0.25) is 5.91 Å². The number of rotatable bonds is 3. The number of aryl methyl sites for hydroxylation is 1. The van der Waals surface area contributed by atoms with Gasteiger partial charge in [-0.25, -0.2) is 0 Å². The summed E-state index contributed by atoms with van der Waals surface area (Å²) in [6.07, 6.45) is 3.27. The van der Waals surface area contributed by atoms with Gasteiger partial charge in [-0.1, -0.05) is 12.1 Å². The van der Waals surface area contributed by atoms with Crippen molar-refractivity contribution in [1.29, 1.82) is 0 Å². The maximum absolute atomic E-state index is 12.1. The molecule has 2 rings (SSSR count). The molecule has 108 valence electrons. The topological polar surface area (TPSA) is 75.4 Å². The van der Waals surface area contributed by atoms with E-state index >= 15 is 0 Å². The van der Waals surface area contributed by atoms with E-state index in [9.17, 15) is 9.59 Å². The van der Waals surface area contributed by atoms with Crippen LogP contribution in [0.1, 0.15) is 35.2 Å². The molecule has 5 nitrogen and oxygen atoms in total. The smallest absolute Gasteiger partial charge is 0.254 e. The molecule has 1 saturated heterocycles. The zero-order valence-corrected chi connectivity index (χ0v) is 11.8. The van der Waals surface area contributed by atoms with Crippen molar-refractivity contribution in [2.75, 3.05) is 25.4 Å². The van der Waals surface area contributed by atoms with Crippen LogP contribution in [-0.4, -0.2) is 36.3 Å². The first-order valence-corrected chi connectivity index (χ1v) is 7.00. The molecule has 1 aliphatic heterocycles. The van der Waals surface area contributed by atoms with Gasteiger partial charge in [-0.2, -0.15) is 0 Å². The Morgan fingerprint density at radius 2 is 1.95 bits per heavy atom. The van der Waals surface area contributed by atoms with Gasteiger partial charge in [0.25, 0.3) is 5.91 Å². The second-order valence-corrected chi connectivity index (χ2v) is 5.16. The molecule has 0 aliphatic carbocycles. The summed E-state index contributed by atoms with van der Waals surface area (Å²) in [4.78, 5) is 25.9. The lowest BCUT2D eigenvalue weighted by atomic mass is 10.1. The fourth-order valence-corrected chi connectivity index (χ4v) is 2.50. The molecule has 0 aromatic heterocycles. The van der Waals surface area contributed by atoms with Gasteiger partial charge >= 0.3 is 0 Å². The molecule has 0 spiro atoms. The summed E-state index contributed by atoms with van der Waals surface area (Å²) in [7, 11) is 0. The molecule has 20 heavy (non-hydrogen) atoms. The number of nitrogens with two attached hydrogens (primary N) is 1. The maximum atomic E-state index is 12.1. The molecule has 0 unspecified atom stereocenters. The highest BCUT2D eigenvalue weighted by molar-refractivity contribution is 6.01. The molecule has 1 aromatic rings. The lowest BCUT2D eigenvalue weighted by Crippen LogP contribution is -2.42. The van der Waals surface area contributed by atoms with Crippen LogP contribution in [0, 0.1) is 6.92 Å². The number of anilines is 1. The van der Waals surface area contributed by atoms with E-state index < -0.39 is 0 Å². The third kappa shape index (κ3) is 3.29. The third-order valence-electron chi connectivity index (χ3n) is 3.64. The van der Waals surface area contributed by atoms with Crippen LogP contribution >= 0.6 is 0 Å². The van der Waals surface area contributed by atoms with E-state index in [1.165, 1.54) is 6.42 Å². The Kier molecular flexibility index (Phi) is 4.61. The summed E-state index contributed by atoms with van der Waals surface area (Å²) in [5.41, 5.74) is 7.52. The normalized spacial score (nSPS) is 14.9. The van der Waals surface area contributed by atoms with Crippen molar-refractivity contribution in [2.24, 2.45) is 0 Å². The predicted molar refractivity (Wildman–Crippen MR) is 78.4 cm³/mol. The first-order chi connectivity index (χ1) is 9.59. The van der Waals surface area contributed by atoms with E-state index in [0.29, 0.717) is 11.3 Å². The number of hydrogen-bond donors (Lipinski definition) is 2. The summed E-state index contributed by atoms with van der Waals surface area (Å²) in [6, 6.07) is 5.33. The van der Waals surface area contributed by atoms with Crippen molar-refractivity contribution in [1.82, 2.24) is 10.2 Å². The molecule has 1 fully saturated rings. The Bertz CT molecular complexity index is 488. The highest BCUT2D eigenvalue weighted by atomic mass is 16.2. The molecule has 0 saturated carbocycles. The largest absolute Gasteiger partial charge is 0.398 e. The minimum Gasteiger partial charge on any atom is -0.398 e. The van der Waals surface area contributed by atoms with Gasteiger partial charge in [0.05, 0.1) is 12.1 Å². The predicted octanol–water partition coefficient (Wildman–Crippen LogP) is 1.32. The molecular formula is C15H21N3O2. The number of amides is 2. The summed E-state index contributed by atoms with van der Waals surface area (Å²) in [5, 5.41) is 2.67. The van der Waals surface area contributed by atoms with Crippen LogP contribution in [0.15, 0.2) is 18.2 Å². The lowest BCUT2D eigenvalue weighted by molar-refractivity contribution is -0.130. The molecule has 5 heteroatoms. The van der Waals surface area contributed by atoms with E-state index in [-0.39, 0.29) is 18.4 Å². The molecule has 3 N–H and O–H groups in total. The highest BCUT2D eigenvalue weighted by Gasteiger charge is 2.18. The lowest BCUT2D eigenvalue weighted by Gasteiger charge is -2.26. The van der Waals surface area contributed by atoms with E-state index in [4.69, 9.17) is 5.73 Å². The van der Waals surface area contributed by atoms with Gasteiger partial charge in [-0.15, -0.1) is 0 Å². The Hall–Kier alpha value is -2.04. The molecular weight excluding hydrogens is 254 g/mol. The van der Waals surface area contributed by atoms with E-state index in [1.807, 2.05) is 17.9 Å². The third-order valence-corrected chi connectivity index (χ3v) is 3.64. The first-order valence-electron chi connectivity index (χ1n) is 7.00.